The van der Waals surface area contributed by atoms with Crippen LogP contribution in [-0.2, 0) is 0 Å². The summed E-state index contributed by atoms with van der Waals surface area (Å²) in [6.07, 6.45) is 1.13. The number of benzene rings is 6. The molecule has 6 rings (SSSR count). The van der Waals surface area contributed by atoms with Gasteiger partial charge in [0.05, 0.1) is 0 Å². The van der Waals surface area contributed by atoms with Crippen molar-refractivity contribution >= 4 is 63.3 Å². The van der Waals surface area contributed by atoms with Crippen LogP contribution in [0.5, 0.6) is 0 Å². The number of fused-ring (bicyclic) bond motifs is 3. The van der Waals surface area contributed by atoms with Gasteiger partial charge in [-0.3, -0.25) is 0 Å². The minimum absolute atomic E-state index is 0.0743. The van der Waals surface area contributed by atoms with E-state index in [0.717, 1.165) is 6.16 Å². The highest BCUT2D eigenvalue weighted by atomic mass is 31.1. The maximum atomic E-state index is 2.41. The van der Waals surface area contributed by atoms with Crippen LogP contribution < -0.4 is 10.9 Å². The lowest BCUT2D eigenvalue weighted by molar-refractivity contribution is 1.41. The van der Waals surface area contributed by atoms with Crippen molar-refractivity contribution in [3.63, 3.8) is 0 Å². The molecule has 0 spiro atoms. The first kappa shape index (κ1) is 24.7. The molecule has 0 saturated carbocycles. The summed E-state index contributed by atoms with van der Waals surface area (Å²) in [7, 11) is -0.0743. The standard InChI is InChI=1S/C36H32BP/c1-26(25-38(2)3)36(33-17-16-27-10-4-7-13-30(27)22-33)37(34-20-18-28-11-5-8-14-31(28)23-34)35-21-19-29-12-6-9-15-32(29)24-35/h4-24H,25H2,1-3H3/b36-26-. The molecule has 0 N–H and O–H groups in total. The van der Waals surface area contributed by atoms with Crippen molar-refractivity contribution in [2.24, 2.45) is 0 Å². The summed E-state index contributed by atoms with van der Waals surface area (Å²) < 4.78 is 0. The minimum Gasteiger partial charge on any atom is -0.109 e. The Bertz CT molecular complexity index is 1720. The van der Waals surface area contributed by atoms with Crippen LogP contribution in [0, 0.1) is 0 Å². The zero-order chi connectivity index (χ0) is 26.1. The van der Waals surface area contributed by atoms with Crippen molar-refractivity contribution in [1.82, 2.24) is 0 Å². The van der Waals surface area contributed by atoms with Gasteiger partial charge in [-0.05, 0) is 70.4 Å². The second-order valence-corrected chi connectivity index (χ2v) is 13.1. The van der Waals surface area contributed by atoms with Crippen molar-refractivity contribution in [1.29, 1.82) is 0 Å². The molecule has 0 radical (unpaired) electrons. The lowest BCUT2D eigenvalue weighted by atomic mass is 9.34. The van der Waals surface area contributed by atoms with Crippen LogP contribution in [-0.4, -0.2) is 26.2 Å². The van der Waals surface area contributed by atoms with E-state index in [-0.39, 0.29) is 14.6 Å². The summed E-state index contributed by atoms with van der Waals surface area (Å²) in [6.45, 7) is 7.28. The monoisotopic (exact) mass is 506 g/mol. The van der Waals surface area contributed by atoms with Crippen LogP contribution in [0.3, 0.4) is 0 Å². The first-order valence-corrected chi connectivity index (χ1v) is 15.8. The van der Waals surface area contributed by atoms with Gasteiger partial charge >= 0.3 is 0 Å². The van der Waals surface area contributed by atoms with Gasteiger partial charge in [0.2, 0.25) is 6.71 Å². The van der Waals surface area contributed by atoms with Gasteiger partial charge in [-0.1, -0.05) is 143 Å². The molecule has 0 saturated heterocycles. The third kappa shape index (κ3) is 4.92. The highest BCUT2D eigenvalue weighted by molar-refractivity contribution is 7.56. The Balaban J connectivity index is 1.64. The smallest absolute Gasteiger partial charge is 0.109 e. The van der Waals surface area contributed by atoms with E-state index in [1.807, 2.05) is 0 Å². The molecule has 0 heterocycles. The summed E-state index contributed by atoms with van der Waals surface area (Å²) in [5.41, 5.74) is 6.95. The topological polar surface area (TPSA) is 0 Å². The molecule has 0 fully saturated rings. The average Bonchev–Trinajstić information content (AvgIpc) is 2.94. The Morgan fingerprint density at radius 2 is 0.947 bits per heavy atom. The Morgan fingerprint density at radius 3 is 1.42 bits per heavy atom. The van der Waals surface area contributed by atoms with Crippen molar-refractivity contribution in [2.75, 3.05) is 19.5 Å². The third-order valence-corrected chi connectivity index (χ3v) is 8.68. The molecule has 0 amide bonds. The minimum atomic E-state index is -0.0743. The number of allylic oxidation sites excluding steroid dienone is 1. The van der Waals surface area contributed by atoms with E-state index >= 15 is 0 Å². The van der Waals surface area contributed by atoms with Gasteiger partial charge in [-0.15, -0.1) is 7.92 Å². The third-order valence-electron chi connectivity index (χ3n) is 7.58. The zero-order valence-electron chi connectivity index (χ0n) is 22.4. The molecule has 2 heteroatoms. The van der Waals surface area contributed by atoms with E-state index in [0.29, 0.717) is 0 Å². The first-order valence-electron chi connectivity index (χ1n) is 13.4. The van der Waals surface area contributed by atoms with E-state index in [1.54, 1.807) is 0 Å². The molecule has 6 aromatic rings. The highest BCUT2D eigenvalue weighted by Gasteiger charge is 2.28. The summed E-state index contributed by atoms with van der Waals surface area (Å²) in [4.78, 5) is 0. The molecular formula is C36H32BP. The first-order chi connectivity index (χ1) is 18.6. The molecule has 0 nitrogen and oxygen atoms in total. The van der Waals surface area contributed by atoms with E-state index < -0.39 is 0 Å². The van der Waals surface area contributed by atoms with Gasteiger partial charge in [0.1, 0.15) is 0 Å². The second-order valence-electron chi connectivity index (χ2n) is 10.6. The fourth-order valence-corrected chi connectivity index (χ4v) is 7.00. The predicted octanol–water partition coefficient (Wildman–Crippen LogP) is 8.51. The van der Waals surface area contributed by atoms with Crippen molar-refractivity contribution in [3.8, 4) is 0 Å². The summed E-state index contributed by atoms with van der Waals surface area (Å²) >= 11 is 0. The van der Waals surface area contributed by atoms with Crippen LogP contribution >= 0.6 is 7.92 Å². The quantitative estimate of drug-likeness (QED) is 0.157. The van der Waals surface area contributed by atoms with Gasteiger partial charge < -0.3 is 0 Å². The van der Waals surface area contributed by atoms with E-state index in [1.165, 1.54) is 59.9 Å². The van der Waals surface area contributed by atoms with Gasteiger partial charge in [0, 0.05) is 0 Å². The molecule has 184 valence electrons. The van der Waals surface area contributed by atoms with Crippen molar-refractivity contribution in [3.05, 3.63) is 139 Å². The molecule has 0 unspecified atom stereocenters. The van der Waals surface area contributed by atoms with E-state index in [9.17, 15) is 0 Å². The molecule has 6 aromatic carbocycles. The van der Waals surface area contributed by atoms with Gasteiger partial charge in [0.25, 0.3) is 0 Å². The lowest BCUT2D eigenvalue weighted by Gasteiger charge is -2.24. The Labute approximate surface area is 227 Å². The van der Waals surface area contributed by atoms with E-state index in [4.69, 9.17) is 0 Å². The fourth-order valence-electron chi connectivity index (χ4n) is 5.88. The normalized spacial score (nSPS) is 12.3. The molecule has 0 aliphatic carbocycles. The van der Waals surface area contributed by atoms with Gasteiger partial charge in [-0.25, -0.2) is 0 Å². The number of hydrogen-bond donors (Lipinski definition) is 0. The van der Waals surface area contributed by atoms with Crippen LogP contribution in [0.2, 0.25) is 0 Å². The molecule has 0 aromatic heterocycles. The Kier molecular flexibility index (Phi) is 6.88. The number of hydrogen-bond acceptors (Lipinski definition) is 0. The maximum Gasteiger partial charge on any atom is 0.241 e. The van der Waals surface area contributed by atoms with Crippen LogP contribution in [0.4, 0.5) is 0 Å². The highest BCUT2D eigenvalue weighted by Crippen LogP contribution is 2.34. The largest absolute Gasteiger partial charge is 0.241 e. The number of rotatable bonds is 6. The zero-order valence-corrected chi connectivity index (χ0v) is 23.3. The summed E-state index contributed by atoms with van der Waals surface area (Å²) in [5, 5.41) is 7.73. The predicted molar refractivity (Wildman–Crippen MR) is 173 cm³/mol. The van der Waals surface area contributed by atoms with Crippen LogP contribution in [0.1, 0.15) is 12.5 Å². The second kappa shape index (κ2) is 10.6. The fraction of sp³-hybridized carbons (Fsp3) is 0.111. The molecule has 0 aliphatic heterocycles. The van der Waals surface area contributed by atoms with Gasteiger partial charge in [-0.2, -0.15) is 0 Å². The Hall–Kier alpha value is -3.67. The van der Waals surface area contributed by atoms with E-state index in [2.05, 4.69) is 148 Å². The molecule has 38 heavy (non-hydrogen) atoms. The summed E-state index contributed by atoms with van der Waals surface area (Å²) in [6, 6.07) is 47.2. The lowest BCUT2D eigenvalue weighted by Crippen LogP contribution is -2.44. The Morgan fingerprint density at radius 1 is 0.526 bits per heavy atom. The molecule has 0 bridgehead atoms. The SMILES string of the molecule is C/C(CP(C)C)=C(/B(c1ccc2ccccc2c1)c1ccc2ccccc2c1)c1ccc2ccccc2c1. The van der Waals surface area contributed by atoms with Crippen LogP contribution in [0.25, 0.3) is 37.8 Å². The molecule has 0 atom stereocenters. The van der Waals surface area contributed by atoms with Gasteiger partial charge in [0.15, 0.2) is 0 Å². The van der Waals surface area contributed by atoms with Crippen LogP contribution in [0.15, 0.2) is 133 Å². The summed E-state index contributed by atoms with van der Waals surface area (Å²) in [5.74, 6) is 0. The van der Waals surface area contributed by atoms with Crippen molar-refractivity contribution < 1.29 is 0 Å². The molecular weight excluding hydrogens is 474 g/mol. The molecule has 0 aliphatic rings. The maximum absolute atomic E-state index is 2.41. The van der Waals surface area contributed by atoms with Crippen molar-refractivity contribution in [2.45, 2.75) is 6.92 Å². The average molecular weight is 506 g/mol.